The minimum absolute atomic E-state index is 0.183. The van der Waals surface area contributed by atoms with Crippen molar-refractivity contribution in [2.75, 3.05) is 32.6 Å². The maximum absolute atomic E-state index is 12.1. The van der Waals surface area contributed by atoms with Crippen LogP contribution in [0.25, 0.3) is 0 Å². The Hall–Kier alpha value is -1.82. The van der Waals surface area contributed by atoms with Gasteiger partial charge in [0.2, 0.25) is 0 Å². The Morgan fingerprint density at radius 1 is 1.00 bits per heavy atom. The van der Waals surface area contributed by atoms with Crippen LogP contribution in [0.2, 0.25) is 0 Å². The molecule has 5 nitrogen and oxygen atoms in total. The maximum atomic E-state index is 12.1. The zero-order valence-corrected chi connectivity index (χ0v) is 13.7. The number of nitrogens with zero attached hydrogens (tertiary/aromatic N) is 3. The van der Waals surface area contributed by atoms with Crippen molar-refractivity contribution >= 4 is 27.7 Å². The largest absolute Gasteiger partial charge is 0.362 e. The summed E-state index contributed by atoms with van der Waals surface area (Å²) in [6.45, 7) is 1.88. The highest BCUT2D eigenvalue weighted by Crippen LogP contribution is 2.22. The van der Waals surface area contributed by atoms with Crippen LogP contribution in [-0.4, -0.2) is 59.2 Å². The van der Waals surface area contributed by atoms with E-state index in [1.807, 2.05) is 30.2 Å². The van der Waals surface area contributed by atoms with E-state index in [2.05, 4.69) is 20.8 Å². The van der Waals surface area contributed by atoms with Crippen molar-refractivity contribution in [3.8, 4) is 0 Å². The fourth-order valence-corrected chi connectivity index (χ4v) is 2.40. The quantitative estimate of drug-likeness (QED) is 0.616. The SMILES string of the molecule is CBr.CN1C=CN(CCN2C(=O)c3ccccc3C2=O)C1. The van der Waals surface area contributed by atoms with E-state index in [-0.39, 0.29) is 11.8 Å². The van der Waals surface area contributed by atoms with E-state index >= 15 is 0 Å². The summed E-state index contributed by atoms with van der Waals surface area (Å²) in [5.74, 6) is 1.45. The van der Waals surface area contributed by atoms with Crippen LogP contribution in [-0.2, 0) is 0 Å². The molecule has 6 heteroatoms. The van der Waals surface area contributed by atoms with Gasteiger partial charge in [0, 0.05) is 32.5 Å². The lowest BCUT2D eigenvalue weighted by Crippen LogP contribution is -2.37. The molecule has 0 atom stereocenters. The van der Waals surface area contributed by atoms with E-state index < -0.39 is 0 Å². The minimum Gasteiger partial charge on any atom is -0.362 e. The summed E-state index contributed by atoms with van der Waals surface area (Å²) in [6.07, 6.45) is 3.94. The van der Waals surface area contributed by atoms with Crippen molar-refractivity contribution in [2.24, 2.45) is 0 Å². The monoisotopic (exact) mass is 351 g/mol. The fraction of sp³-hybridized carbons (Fsp3) is 0.333. The molecule has 0 radical (unpaired) electrons. The van der Waals surface area contributed by atoms with Gasteiger partial charge in [-0.3, -0.25) is 14.5 Å². The van der Waals surface area contributed by atoms with Crippen molar-refractivity contribution in [3.05, 3.63) is 47.8 Å². The maximum Gasteiger partial charge on any atom is 0.261 e. The standard InChI is InChI=1S/C14H15N3O2.CH3Br/c1-15-6-7-16(10-15)8-9-17-13(18)11-4-2-3-5-12(11)14(17)19;1-2/h2-7H,8-10H2,1H3;1H3. The molecule has 1 aromatic rings. The van der Waals surface area contributed by atoms with Crippen LogP contribution in [0, 0.1) is 0 Å². The van der Waals surface area contributed by atoms with Gasteiger partial charge in [0.25, 0.3) is 11.8 Å². The summed E-state index contributed by atoms with van der Waals surface area (Å²) in [5.41, 5.74) is 1.03. The van der Waals surface area contributed by atoms with Crippen LogP contribution in [0.15, 0.2) is 36.7 Å². The molecule has 0 N–H and O–H groups in total. The lowest BCUT2D eigenvalue weighted by Gasteiger charge is -2.21. The number of benzene rings is 1. The molecule has 0 saturated carbocycles. The van der Waals surface area contributed by atoms with Gasteiger partial charge in [0.15, 0.2) is 0 Å². The van der Waals surface area contributed by atoms with Gasteiger partial charge < -0.3 is 9.80 Å². The Bertz CT molecular complexity index is 539. The average molecular weight is 352 g/mol. The molecule has 1 aromatic carbocycles. The summed E-state index contributed by atoms with van der Waals surface area (Å²) in [5, 5.41) is 0. The molecule has 0 spiro atoms. The first-order valence-electron chi connectivity index (χ1n) is 6.62. The molecule has 0 bridgehead atoms. The second kappa shape index (κ2) is 6.76. The van der Waals surface area contributed by atoms with E-state index in [4.69, 9.17) is 0 Å². The number of halogens is 1. The highest BCUT2D eigenvalue weighted by atomic mass is 79.9. The topological polar surface area (TPSA) is 43.9 Å². The normalized spacial score (nSPS) is 16.2. The summed E-state index contributed by atoms with van der Waals surface area (Å²) < 4.78 is 0. The fourth-order valence-electron chi connectivity index (χ4n) is 2.40. The third-order valence-electron chi connectivity index (χ3n) is 3.43. The van der Waals surface area contributed by atoms with E-state index in [9.17, 15) is 9.59 Å². The Balaban J connectivity index is 0.000000774. The van der Waals surface area contributed by atoms with Gasteiger partial charge in [-0.2, -0.15) is 0 Å². The molecular formula is C15H18BrN3O2. The smallest absolute Gasteiger partial charge is 0.261 e. The molecule has 3 rings (SSSR count). The van der Waals surface area contributed by atoms with Crippen LogP contribution >= 0.6 is 15.9 Å². The van der Waals surface area contributed by atoms with Gasteiger partial charge in [0.1, 0.15) is 0 Å². The molecular weight excluding hydrogens is 334 g/mol. The third-order valence-corrected chi connectivity index (χ3v) is 3.43. The summed E-state index contributed by atoms with van der Waals surface area (Å²) in [7, 11) is 1.98. The molecule has 0 fully saturated rings. The summed E-state index contributed by atoms with van der Waals surface area (Å²) >= 11 is 2.94. The summed E-state index contributed by atoms with van der Waals surface area (Å²) in [6, 6.07) is 6.98. The predicted octanol–water partition coefficient (Wildman–Crippen LogP) is 1.97. The first kappa shape index (κ1) is 15.6. The van der Waals surface area contributed by atoms with Crippen LogP contribution < -0.4 is 0 Å². The number of hydrogen-bond donors (Lipinski definition) is 0. The number of carbonyl (C=O) groups excluding carboxylic acids is 2. The van der Waals surface area contributed by atoms with Gasteiger partial charge in [0.05, 0.1) is 17.8 Å². The Morgan fingerprint density at radius 2 is 1.57 bits per heavy atom. The molecule has 0 aliphatic carbocycles. The van der Waals surface area contributed by atoms with Crippen molar-refractivity contribution < 1.29 is 9.59 Å². The number of carbonyl (C=O) groups is 2. The number of amides is 2. The van der Waals surface area contributed by atoms with Crippen molar-refractivity contribution in [1.82, 2.24) is 14.7 Å². The first-order chi connectivity index (χ1) is 10.2. The van der Waals surface area contributed by atoms with Crippen molar-refractivity contribution in [2.45, 2.75) is 0 Å². The van der Waals surface area contributed by atoms with E-state index in [1.165, 1.54) is 4.90 Å². The van der Waals surface area contributed by atoms with Gasteiger partial charge in [-0.05, 0) is 18.0 Å². The molecule has 2 amide bonds. The Labute approximate surface area is 132 Å². The number of fused-ring (bicyclic) bond motifs is 1. The number of rotatable bonds is 3. The zero-order chi connectivity index (χ0) is 15.4. The molecule has 0 saturated heterocycles. The van der Waals surface area contributed by atoms with E-state index in [1.54, 1.807) is 24.3 Å². The average Bonchev–Trinajstić information content (AvgIpc) is 3.03. The van der Waals surface area contributed by atoms with E-state index in [0.29, 0.717) is 24.2 Å². The molecule has 0 aromatic heterocycles. The number of imide groups is 1. The van der Waals surface area contributed by atoms with E-state index in [0.717, 1.165) is 6.67 Å². The lowest BCUT2D eigenvalue weighted by atomic mass is 10.1. The van der Waals surface area contributed by atoms with Gasteiger partial charge in [-0.15, -0.1) is 0 Å². The highest BCUT2D eigenvalue weighted by Gasteiger charge is 2.34. The molecule has 21 heavy (non-hydrogen) atoms. The Kier molecular flexibility index (Phi) is 5.01. The molecule has 112 valence electrons. The van der Waals surface area contributed by atoms with Crippen LogP contribution in [0.5, 0.6) is 0 Å². The number of alkyl halides is 1. The van der Waals surface area contributed by atoms with Gasteiger partial charge >= 0.3 is 0 Å². The minimum atomic E-state index is -0.183. The van der Waals surface area contributed by atoms with Gasteiger partial charge in [-0.25, -0.2) is 0 Å². The highest BCUT2D eigenvalue weighted by molar-refractivity contribution is 9.08. The van der Waals surface area contributed by atoms with Gasteiger partial charge in [-0.1, -0.05) is 28.1 Å². The second-order valence-corrected chi connectivity index (χ2v) is 4.82. The Morgan fingerprint density at radius 3 is 2.05 bits per heavy atom. The van der Waals surface area contributed by atoms with Crippen molar-refractivity contribution in [1.29, 1.82) is 0 Å². The first-order valence-corrected chi connectivity index (χ1v) is 8.21. The molecule has 0 unspecified atom stereocenters. The van der Waals surface area contributed by atoms with Crippen molar-refractivity contribution in [3.63, 3.8) is 0 Å². The van der Waals surface area contributed by atoms with Crippen LogP contribution in [0.3, 0.4) is 0 Å². The zero-order valence-electron chi connectivity index (χ0n) is 12.1. The lowest BCUT2D eigenvalue weighted by molar-refractivity contribution is 0.0642. The molecule has 2 aliphatic heterocycles. The number of hydrogen-bond acceptors (Lipinski definition) is 4. The second-order valence-electron chi connectivity index (χ2n) is 4.82. The van der Waals surface area contributed by atoms with Crippen LogP contribution in [0.1, 0.15) is 20.7 Å². The predicted molar refractivity (Wildman–Crippen MR) is 85.1 cm³/mol. The van der Waals surface area contributed by atoms with Crippen LogP contribution in [0.4, 0.5) is 0 Å². The molecule has 2 aliphatic rings. The summed E-state index contributed by atoms with van der Waals surface area (Å²) in [4.78, 5) is 29.7. The third kappa shape index (κ3) is 3.10. The molecule has 2 heterocycles.